The molecule has 4 heteroatoms. The molecule has 0 N–H and O–H groups in total. The van der Waals surface area contributed by atoms with Crippen LogP contribution in [0.25, 0.3) is 0 Å². The Bertz CT molecular complexity index is 431. The minimum Gasteiger partial charge on any atom is -0.473 e. The average Bonchev–Trinajstić information content (AvgIpc) is 2.32. The lowest BCUT2D eigenvalue weighted by atomic mass is 10.1. The van der Waals surface area contributed by atoms with E-state index in [2.05, 4.69) is 23.0 Å². The summed E-state index contributed by atoms with van der Waals surface area (Å²) >= 11 is 0. The number of likely N-dealkylation sites (tertiary alicyclic amines) is 1. The summed E-state index contributed by atoms with van der Waals surface area (Å²) < 4.78 is 5.85. The number of hydrogen-bond donors (Lipinski definition) is 0. The van der Waals surface area contributed by atoms with E-state index in [0.717, 1.165) is 31.6 Å². The van der Waals surface area contributed by atoms with Gasteiger partial charge in [0.1, 0.15) is 17.7 Å². The summed E-state index contributed by atoms with van der Waals surface area (Å²) in [6, 6.07) is 5.73. The van der Waals surface area contributed by atoms with E-state index in [9.17, 15) is 0 Å². The van der Waals surface area contributed by atoms with Crippen LogP contribution in [0, 0.1) is 18.3 Å². The SMILES string of the molecule is Cc1ccc(C#N)c(OC2CCN(C)CC2)n1. The van der Waals surface area contributed by atoms with Gasteiger partial charge in [-0.25, -0.2) is 4.98 Å². The maximum atomic E-state index is 9.00. The monoisotopic (exact) mass is 231 g/mol. The van der Waals surface area contributed by atoms with Gasteiger partial charge in [-0.1, -0.05) is 0 Å². The molecule has 2 rings (SSSR count). The predicted octanol–water partition coefficient (Wildman–Crippen LogP) is 1.73. The molecule has 1 aliphatic rings. The highest BCUT2D eigenvalue weighted by atomic mass is 16.5. The third kappa shape index (κ3) is 2.95. The Kier molecular flexibility index (Phi) is 3.60. The third-order valence-electron chi connectivity index (χ3n) is 3.06. The molecule has 2 heterocycles. The first-order valence-corrected chi connectivity index (χ1v) is 5.92. The molecule has 90 valence electrons. The molecule has 0 aromatic carbocycles. The molecule has 17 heavy (non-hydrogen) atoms. The zero-order valence-electron chi connectivity index (χ0n) is 10.3. The zero-order valence-corrected chi connectivity index (χ0v) is 10.3. The van der Waals surface area contributed by atoms with Gasteiger partial charge >= 0.3 is 0 Å². The molecule has 0 saturated carbocycles. The van der Waals surface area contributed by atoms with Crippen molar-refractivity contribution in [3.63, 3.8) is 0 Å². The van der Waals surface area contributed by atoms with Crippen LogP contribution in [0.4, 0.5) is 0 Å². The maximum Gasteiger partial charge on any atom is 0.232 e. The maximum absolute atomic E-state index is 9.00. The van der Waals surface area contributed by atoms with Crippen LogP contribution in [0.3, 0.4) is 0 Å². The molecule has 0 unspecified atom stereocenters. The van der Waals surface area contributed by atoms with E-state index < -0.39 is 0 Å². The first kappa shape index (κ1) is 11.9. The molecular formula is C13H17N3O. The number of piperidine rings is 1. The topological polar surface area (TPSA) is 49.1 Å². The Morgan fingerprint density at radius 1 is 1.41 bits per heavy atom. The van der Waals surface area contributed by atoms with Crippen LogP contribution >= 0.6 is 0 Å². The molecule has 0 spiro atoms. The molecule has 1 saturated heterocycles. The molecule has 0 aliphatic carbocycles. The summed E-state index contributed by atoms with van der Waals surface area (Å²) in [7, 11) is 2.11. The molecule has 1 aromatic heterocycles. The van der Waals surface area contributed by atoms with Gasteiger partial charge in [0.2, 0.25) is 5.88 Å². The van der Waals surface area contributed by atoms with Crippen molar-refractivity contribution in [1.82, 2.24) is 9.88 Å². The summed E-state index contributed by atoms with van der Waals surface area (Å²) in [6.45, 7) is 3.99. The summed E-state index contributed by atoms with van der Waals surface area (Å²) in [5.74, 6) is 0.488. The molecule has 1 aliphatic heterocycles. The van der Waals surface area contributed by atoms with Gasteiger partial charge in [0.25, 0.3) is 0 Å². The number of hydrogen-bond acceptors (Lipinski definition) is 4. The van der Waals surface area contributed by atoms with E-state index in [0.29, 0.717) is 11.4 Å². The number of aromatic nitrogens is 1. The molecule has 0 atom stereocenters. The lowest BCUT2D eigenvalue weighted by Crippen LogP contribution is -2.35. The van der Waals surface area contributed by atoms with Crippen molar-refractivity contribution < 1.29 is 4.74 Å². The highest BCUT2D eigenvalue weighted by molar-refractivity contribution is 5.38. The van der Waals surface area contributed by atoms with Crippen LogP contribution in [0.1, 0.15) is 24.1 Å². The normalized spacial score (nSPS) is 17.7. The average molecular weight is 231 g/mol. The summed E-state index contributed by atoms with van der Waals surface area (Å²) in [5.41, 5.74) is 1.40. The predicted molar refractivity (Wildman–Crippen MR) is 64.8 cm³/mol. The van der Waals surface area contributed by atoms with Crippen molar-refractivity contribution in [2.24, 2.45) is 0 Å². The van der Waals surface area contributed by atoms with Crippen molar-refractivity contribution in [3.8, 4) is 11.9 Å². The van der Waals surface area contributed by atoms with Crippen LogP contribution in [0.5, 0.6) is 5.88 Å². The number of nitriles is 1. The number of rotatable bonds is 2. The second kappa shape index (κ2) is 5.15. The Hall–Kier alpha value is -1.60. The first-order valence-electron chi connectivity index (χ1n) is 5.92. The van der Waals surface area contributed by atoms with E-state index in [1.807, 2.05) is 13.0 Å². The molecule has 1 fully saturated rings. The Morgan fingerprint density at radius 3 is 2.76 bits per heavy atom. The van der Waals surface area contributed by atoms with Crippen LogP contribution < -0.4 is 4.74 Å². The number of nitrogens with zero attached hydrogens (tertiary/aromatic N) is 3. The minimum atomic E-state index is 0.188. The van der Waals surface area contributed by atoms with E-state index in [-0.39, 0.29) is 6.10 Å². The molecule has 0 radical (unpaired) electrons. The summed E-state index contributed by atoms with van der Waals surface area (Å²) in [6.07, 6.45) is 2.18. The van der Waals surface area contributed by atoms with Crippen molar-refractivity contribution in [3.05, 3.63) is 23.4 Å². The van der Waals surface area contributed by atoms with E-state index in [4.69, 9.17) is 10.00 Å². The Morgan fingerprint density at radius 2 is 2.12 bits per heavy atom. The molecule has 4 nitrogen and oxygen atoms in total. The summed E-state index contributed by atoms with van der Waals surface area (Å²) in [4.78, 5) is 6.59. The van der Waals surface area contributed by atoms with Gasteiger partial charge < -0.3 is 9.64 Å². The smallest absolute Gasteiger partial charge is 0.232 e. The number of ether oxygens (including phenoxy) is 1. The van der Waals surface area contributed by atoms with Gasteiger partial charge in [-0.15, -0.1) is 0 Å². The van der Waals surface area contributed by atoms with Gasteiger partial charge in [-0.05, 0) is 38.9 Å². The molecule has 1 aromatic rings. The van der Waals surface area contributed by atoms with Crippen molar-refractivity contribution >= 4 is 0 Å². The van der Waals surface area contributed by atoms with Crippen molar-refractivity contribution in [2.45, 2.75) is 25.9 Å². The standard InChI is InChI=1S/C13H17N3O/c1-10-3-4-11(9-14)13(15-10)17-12-5-7-16(2)8-6-12/h3-4,12H,5-8H2,1-2H3. The number of aryl methyl sites for hydroxylation is 1. The highest BCUT2D eigenvalue weighted by Crippen LogP contribution is 2.20. The van der Waals surface area contributed by atoms with E-state index in [1.54, 1.807) is 6.07 Å². The second-order valence-corrected chi connectivity index (χ2v) is 4.54. The Balaban J connectivity index is 2.08. The first-order chi connectivity index (χ1) is 8.19. The zero-order chi connectivity index (χ0) is 12.3. The number of pyridine rings is 1. The highest BCUT2D eigenvalue weighted by Gasteiger charge is 2.19. The fraction of sp³-hybridized carbons (Fsp3) is 0.538. The van der Waals surface area contributed by atoms with E-state index in [1.165, 1.54) is 0 Å². The van der Waals surface area contributed by atoms with E-state index >= 15 is 0 Å². The van der Waals surface area contributed by atoms with Gasteiger partial charge in [-0.3, -0.25) is 0 Å². The van der Waals surface area contributed by atoms with Gasteiger partial charge in [-0.2, -0.15) is 5.26 Å². The quantitative estimate of drug-likeness (QED) is 0.778. The fourth-order valence-electron chi connectivity index (χ4n) is 1.97. The van der Waals surface area contributed by atoms with Crippen LogP contribution in [0.2, 0.25) is 0 Å². The molecule has 0 amide bonds. The van der Waals surface area contributed by atoms with Crippen LogP contribution in [0.15, 0.2) is 12.1 Å². The molecule has 0 bridgehead atoms. The minimum absolute atomic E-state index is 0.188. The summed E-state index contributed by atoms with van der Waals surface area (Å²) in [5, 5.41) is 9.00. The fourth-order valence-corrected chi connectivity index (χ4v) is 1.97. The Labute approximate surface area is 102 Å². The lowest BCUT2D eigenvalue weighted by Gasteiger charge is -2.29. The lowest BCUT2D eigenvalue weighted by molar-refractivity contribution is 0.109. The third-order valence-corrected chi connectivity index (χ3v) is 3.06. The van der Waals surface area contributed by atoms with Crippen molar-refractivity contribution in [1.29, 1.82) is 5.26 Å². The van der Waals surface area contributed by atoms with Gasteiger partial charge in [0.05, 0.1) is 0 Å². The van der Waals surface area contributed by atoms with Crippen LogP contribution in [-0.4, -0.2) is 36.1 Å². The van der Waals surface area contributed by atoms with Crippen molar-refractivity contribution in [2.75, 3.05) is 20.1 Å². The molecular weight excluding hydrogens is 214 g/mol. The van der Waals surface area contributed by atoms with Gasteiger partial charge in [0.15, 0.2) is 0 Å². The van der Waals surface area contributed by atoms with Crippen LogP contribution in [-0.2, 0) is 0 Å². The second-order valence-electron chi connectivity index (χ2n) is 4.54. The largest absolute Gasteiger partial charge is 0.473 e. The van der Waals surface area contributed by atoms with Gasteiger partial charge in [0, 0.05) is 18.8 Å².